The van der Waals surface area contributed by atoms with Crippen LogP contribution in [0.2, 0.25) is 5.15 Å². The molecule has 0 amide bonds. The number of hydrogen-bond donors (Lipinski definition) is 1. The van der Waals surface area contributed by atoms with Gasteiger partial charge in [-0.1, -0.05) is 11.6 Å². The van der Waals surface area contributed by atoms with E-state index in [2.05, 4.69) is 15.3 Å². The van der Waals surface area contributed by atoms with Crippen molar-refractivity contribution < 1.29 is 13.2 Å². The van der Waals surface area contributed by atoms with Gasteiger partial charge in [0.2, 0.25) is 0 Å². The summed E-state index contributed by atoms with van der Waals surface area (Å²) in [5.41, 5.74) is 0. The number of halogens is 1. The Morgan fingerprint density at radius 2 is 2.19 bits per heavy atom. The molecule has 0 unspecified atom stereocenters. The van der Waals surface area contributed by atoms with Crippen LogP contribution in [0.5, 0.6) is 5.75 Å². The third-order valence-electron chi connectivity index (χ3n) is 1.73. The van der Waals surface area contributed by atoms with Crippen molar-refractivity contribution >= 4 is 27.3 Å². The first-order chi connectivity index (χ1) is 7.44. The van der Waals surface area contributed by atoms with Crippen LogP contribution >= 0.6 is 11.6 Å². The Bertz CT molecular complexity index is 464. The van der Waals surface area contributed by atoms with Crippen molar-refractivity contribution in [2.75, 3.05) is 31.0 Å². The van der Waals surface area contributed by atoms with E-state index in [-0.39, 0.29) is 17.5 Å². The van der Waals surface area contributed by atoms with Crippen LogP contribution in [0, 0.1) is 0 Å². The predicted octanol–water partition coefficient (Wildman–Crippen LogP) is 0.595. The number of anilines is 1. The molecule has 16 heavy (non-hydrogen) atoms. The number of nitrogens with one attached hydrogen (secondary N) is 1. The van der Waals surface area contributed by atoms with Crippen LogP contribution < -0.4 is 10.1 Å². The van der Waals surface area contributed by atoms with E-state index in [1.54, 1.807) is 0 Å². The first-order valence-electron chi connectivity index (χ1n) is 4.40. The lowest BCUT2D eigenvalue weighted by molar-refractivity contribution is 0.413. The van der Waals surface area contributed by atoms with Crippen LogP contribution in [0.3, 0.4) is 0 Å². The molecule has 0 saturated carbocycles. The second-order valence-corrected chi connectivity index (χ2v) is 5.72. The number of hydrogen-bond acceptors (Lipinski definition) is 6. The average Bonchev–Trinajstić information content (AvgIpc) is 2.16. The van der Waals surface area contributed by atoms with E-state index >= 15 is 0 Å². The lowest BCUT2D eigenvalue weighted by Crippen LogP contribution is -2.15. The minimum atomic E-state index is -3.00. The highest BCUT2D eigenvalue weighted by atomic mass is 35.5. The van der Waals surface area contributed by atoms with Crippen LogP contribution in [-0.4, -0.2) is 44.0 Å². The molecule has 0 saturated heterocycles. The van der Waals surface area contributed by atoms with Crippen LogP contribution in [0.25, 0.3) is 0 Å². The monoisotopic (exact) mass is 265 g/mol. The van der Waals surface area contributed by atoms with Gasteiger partial charge in [0.25, 0.3) is 0 Å². The van der Waals surface area contributed by atoms with E-state index in [1.165, 1.54) is 19.7 Å². The van der Waals surface area contributed by atoms with Gasteiger partial charge in [0.15, 0.2) is 16.7 Å². The Balaban J connectivity index is 2.71. The lowest BCUT2D eigenvalue weighted by atomic mass is 10.5. The molecule has 1 N–H and O–H groups in total. The number of rotatable bonds is 5. The molecule has 0 aromatic carbocycles. The molecular formula is C8H12ClN3O3S. The summed E-state index contributed by atoms with van der Waals surface area (Å²) in [7, 11) is -1.57. The van der Waals surface area contributed by atoms with E-state index in [1.807, 2.05) is 0 Å². The molecule has 0 aliphatic rings. The van der Waals surface area contributed by atoms with Crippen molar-refractivity contribution in [3.05, 3.63) is 11.5 Å². The third-order valence-corrected chi connectivity index (χ3v) is 2.94. The standard InChI is InChI=1S/C8H12ClN3O3S/c1-15-6-7(9)11-5-12-8(6)10-3-4-16(2,13)14/h5H,3-4H2,1-2H3,(H,10,11,12). The molecule has 1 aromatic rings. The summed E-state index contributed by atoms with van der Waals surface area (Å²) >= 11 is 5.76. The van der Waals surface area contributed by atoms with E-state index in [9.17, 15) is 8.42 Å². The highest BCUT2D eigenvalue weighted by molar-refractivity contribution is 7.90. The second kappa shape index (κ2) is 5.31. The number of aromatic nitrogens is 2. The molecule has 8 heteroatoms. The summed E-state index contributed by atoms with van der Waals surface area (Å²) in [4.78, 5) is 7.64. The molecule has 1 aromatic heterocycles. The minimum absolute atomic E-state index is 0.0117. The number of sulfone groups is 1. The first kappa shape index (κ1) is 13.0. The third kappa shape index (κ3) is 3.82. The van der Waals surface area contributed by atoms with E-state index in [0.29, 0.717) is 11.6 Å². The molecule has 90 valence electrons. The maximum Gasteiger partial charge on any atom is 0.198 e. The smallest absolute Gasteiger partial charge is 0.198 e. The molecule has 0 aliphatic heterocycles. The van der Waals surface area contributed by atoms with Gasteiger partial charge in [-0.05, 0) is 0 Å². The molecule has 1 heterocycles. The molecule has 0 aliphatic carbocycles. The second-order valence-electron chi connectivity index (χ2n) is 3.10. The first-order valence-corrected chi connectivity index (χ1v) is 6.84. The zero-order valence-electron chi connectivity index (χ0n) is 8.90. The van der Waals surface area contributed by atoms with Gasteiger partial charge < -0.3 is 10.1 Å². The van der Waals surface area contributed by atoms with Gasteiger partial charge in [0, 0.05) is 12.8 Å². The molecule has 0 atom stereocenters. The highest BCUT2D eigenvalue weighted by Crippen LogP contribution is 2.27. The van der Waals surface area contributed by atoms with Gasteiger partial charge in [0.05, 0.1) is 12.9 Å². The largest absolute Gasteiger partial charge is 0.490 e. The Morgan fingerprint density at radius 1 is 1.50 bits per heavy atom. The normalized spacial score (nSPS) is 11.2. The van der Waals surface area contributed by atoms with Crippen LogP contribution in [0.4, 0.5) is 5.82 Å². The van der Waals surface area contributed by atoms with E-state index in [4.69, 9.17) is 16.3 Å². The average molecular weight is 266 g/mol. The molecule has 0 bridgehead atoms. The minimum Gasteiger partial charge on any atom is -0.490 e. The SMILES string of the molecule is COc1c(Cl)ncnc1NCCS(C)(=O)=O. The summed E-state index contributed by atoms with van der Waals surface area (Å²) in [6.45, 7) is 0.239. The maximum atomic E-state index is 10.9. The topological polar surface area (TPSA) is 81.2 Å². The van der Waals surface area contributed by atoms with Gasteiger partial charge in [0.1, 0.15) is 16.2 Å². The fourth-order valence-electron chi connectivity index (χ4n) is 1.01. The molecule has 0 fully saturated rings. The Hall–Kier alpha value is -1.08. The fraction of sp³-hybridized carbons (Fsp3) is 0.500. The Labute approximate surface area is 98.9 Å². The van der Waals surface area contributed by atoms with E-state index in [0.717, 1.165) is 0 Å². The molecule has 6 nitrogen and oxygen atoms in total. The zero-order valence-corrected chi connectivity index (χ0v) is 10.5. The summed E-state index contributed by atoms with van der Waals surface area (Å²) in [5.74, 6) is 0.696. The van der Waals surface area contributed by atoms with Gasteiger partial charge in [-0.25, -0.2) is 18.4 Å². The molecule has 0 spiro atoms. The van der Waals surface area contributed by atoms with Crippen LogP contribution in [0.1, 0.15) is 0 Å². The van der Waals surface area contributed by atoms with Crippen LogP contribution in [0.15, 0.2) is 6.33 Å². The maximum absolute atomic E-state index is 10.9. The summed E-state index contributed by atoms with van der Waals surface area (Å²) in [5, 5.41) is 3.00. The van der Waals surface area contributed by atoms with Crippen molar-refractivity contribution in [2.45, 2.75) is 0 Å². The number of ether oxygens (including phenoxy) is 1. The van der Waals surface area contributed by atoms with Crippen molar-refractivity contribution in [1.82, 2.24) is 9.97 Å². The van der Waals surface area contributed by atoms with Gasteiger partial charge in [-0.2, -0.15) is 0 Å². The Morgan fingerprint density at radius 3 is 2.75 bits per heavy atom. The van der Waals surface area contributed by atoms with Crippen molar-refractivity contribution in [1.29, 1.82) is 0 Å². The summed E-state index contributed by atoms with van der Waals surface area (Å²) in [6.07, 6.45) is 2.44. The van der Waals surface area contributed by atoms with Gasteiger partial charge in [-0.3, -0.25) is 0 Å². The van der Waals surface area contributed by atoms with Gasteiger partial charge in [-0.15, -0.1) is 0 Å². The highest BCUT2D eigenvalue weighted by Gasteiger charge is 2.10. The summed E-state index contributed by atoms with van der Waals surface area (Å²) in [6, 6.07) is 0. The quantitative estimate of drug-likeness (QED) is 0.785. The van der Waals surface area contributed by atoms with Crippen LogP contribution in [-0.2, 0) is 9.84 Å². The fourth-order valence-corrected chi connectivity index (χ4v) is 1.70. The van der Waals surface area contributed by atoms with E-state index < -0.39 is 9.84 Å². The van der Waals surface area contributed by atoms with Crippen molar-refractivity contribution in [2.24, 2.45) is 0 Å². The predicted molar refractivity (Wildman–Crippen MR) is 61.8 cm³/mol. The molecular weight excluding hydrogens is 254 g/mol. The Kier molecular flexibility index (Phi) is 4.31. The molecule has 0 radical (unpaired) electrons. The zero-order chi connectivity index (χ0) is 12.2. The lowest BCUT2D eigenvalue weighted by Gasteiger charge is -2.09. The van der Waals surface area contributed by atoms with Gasteiger partial charge >= 0.3 is 0 Å². The summed E-state index contributed by atoms with van der Waals surface area (Å²) < 4.78 is 26.8. The van der Waals surface area contributed by atoms with Crippen molar-refractivity contribution in [3.63, 3.8) is 0 Å². The molecule has 1 rings (SSSR count). The number of nitrogens with zero attached hydrogens (tertiary/aromatic N) is 2. The van der Waals surface area contributed by atoms with Crippen molar-refractivity contribution in [3.8, 4) is 5.75 Å². The number of methoxy groups -OCH3 is 1.